The molecule has 0 spiro atoms. The van der Waals surface area contributed by atoms with Gasteiger partial charge in [0.1, 0.15) is 5.84 Å². The van der Waals surface area contributed by atoms with Crippen molar-refractivity contribution in [2.45, 2.75) is 25.5 Å². The smallest absolute Gasteiger partial charge is 0.153 e. The van der Waals surface area contributed by atoms with Crippen LogP contribution in [0.3, 0.4) is 0 Å². The van der Waals surface area contributed by atoms with Crippen molar-refractivity contribution < 1.29 is 13.6 Å². The van der Waals surface area contributed by atoms with Gasteiger partial charge in [-0.2, -0.15) is 0 Å². The van der Waals surface area contributed by atoms with Crippen LogP contribution in [-0.4, -0.2) is 43.6 Å². The van der Waals surface area contributed by atoms with E-state index in [9.17, 15) is 8.42 Å². The number of nitrogens with one attached hydrogen (secondary N) is 1. The minimum atomic E-state index is -3.10. The Morgan fingerprint density at radius 2 is 2.06 bits per heavy atom. The molecule has 0 rings (SSSR count). The van der Waals surface area contributed by atoms with Gasteiger partial charge >= 0.3 is 0 Å². The van der Waals surface area contributed by atoms with Crippen molar-refractivity contribution in [3.05, 3.63) is 0 Å². The second-order valence-electron chi connectivity index (χ2n) is 4.59. The lowest BCUT2D eigenvalue weighted by molar-refractivity contribution is 0.314. The number of hydrogen-bond donors (Lipinski definition) is 3. The maximum Gasteiger partial charge on any atom is 0.153 e. The van der Waals surface area contributed by atoms with E-state index in [0.29, 0.717) is 13.1 Å². The average molecular weight is 251 g/mol. The molecule has 0 bridgehead atoms. The molecule has 0 heterocycles. The van der Waals surface area contributed by atoms with Gasteiger partial charge in [-0.05, 0) is 13.8 Å². The maximum atomic E-state index is 11.4. The van der Waals surface area contributed by atoms with Gasteiger partial charge in [-0.3, -0.25) is 0 Å². The van der Waals surface area contributed by atoms with Crippen LogP contribution < -0.4 is 11.1 Å². The third-order valence-electron chi connectivity index (χ3n) is 2.63. The minimum absolute atomic E-state index is 0.129. The lowest BCUT2D eigenvalue weighted by Crippen LogP contribution is -2.44. The molecule has 0 radical (unpaired) electrons. The molecule has 7 heteroatoms. The summed E-state index contributed by atoms with van der Waals surface area (Å²) in [5.74, 6) is -0.00924. The molecule has 0 amide bonds. The molecule has 0 saturated carbocycles. The highest BCUT2D eigenvalue weighted by Crippen LogP contribution is 2.13. The van der Waals surface area contributed by atoms with E-state index in [2.05, 4.69) is 10.5 Å². The second-order valence-corrected chi connectivity index (χ2v) is 7.24. The van der Waals surface area contributed by atoms with Crippen molar-refractivity contribution in [1.82, 2.24) is 5.32 Å². The van der Waals surface area contributed by atoms with Crippen molar-refractivity contribution >= 4 is 15.7 Å². The summed E-state index contributed by atoms with van der Waals surface area (Å²) in [7, 11) is -3.10. The first kappa shape index (κ1) is 15.2. The number of rotatable bonds is 6. The van der Waals surface area contributed by atoms with Crippen LogP contribution in [0.2, 0.25) is 0 Å². The summed E-state index contributed by atoms with van der Waals surface area (Å²) in [4.78, 5) is 0. The summed E-state index contributed by atoms with van der Waals surface area (Å²) >= 11 is 0. The maximum absolute atomic E-state index is 11.4. The second kappa shape index (κ2) is 5.49. The quantitative estimate of drug-likeness (QED) is 0.262. The SMILES string of the molecule is CC(CNCC(C)(C)S(C)(=O)=O)C(N)=NO. The van der Waals surface area contributed by atoms with Crippen LogP contribution in [0.25, 0.3) is 0 Å². The monoisotopic (exact) mass is 251 g/mol. The standard InChI is InChI=1S/C9H21N3O3S/c1-7(8(10)12-13)5-11-6-9(2,3)16(4,14)15/h7,11,13H,5-6H2,1-4H3,(H2,10,12). The Hall–Kier alpha value is -0.820. The van der Waals surface area contributed by atoms with Crippen molar-refractivity contribution in [3.8, 4) is 0 Å². The van der Waals surface area contributed by atoms with Crippen molar-refractivity contribution in [2.24, 2.45) is 16.8 Å². The van der Waals surface area contributed by atoms with Crippen LogP contribution in [0.1, 0.15) is 20.8 Å². The molecule has 4 N–H and O–H groups in total. The molecule has 0 aliphatic heterocycles. The van der Waals surface area contributed by atoms with Gasteiger partial charge in [0.25, 0.3) is 0 Å². The fourth-order valence-electron chi connectivity index (χ4n) is 0.924. The van der Waals surface area contributed by atoms with E-state index in [1.54, 1.807) is 20.8 Å². The third kappa shape index (κ3) is 4.36. The van der Waals surface area contributed by atoms with Crippen molar-refractivity contribution in [3.63, 3.8) is 0 Å². The first-order chi connectivity index (χ1) is 7.12. The fourth-order valence-corrected chi connectivity index (χ4v) is 1.29. The Kier molecular flexibility index (Phi) is 5.21. The Morgan fingerprint density at radius 3 is 2.44 bits per heavy atom. The third-order valence-corrected chi connectivity index (χ3v) is 4.78. The molecular weight excluding hydrogens is 230 g/mol. The van der Waals surface area contributed by atoms with E-state index < -0.39 is 14.6 Å². The summed E-state index contributed by atoms with van der Waals surface area (Å²) in [6.07, 6.45) is 1.21. The highest BCUT2D eigenvalue weighted by molar-refractivity contribution is 7.92. The van der Waals surface area contributed by atoms with Crippen LogP contribution in [0.5, 0.6) is 0 Å². The molecule has 0 saturated heterocycles. The van der Waals surface area contributed by atoms with Gasteiger partial charge in [0.15, 0.2) is 9.84 Å². The van der Waals surface area contributed by atoms with Crippen LogP contribution in [0.4, 0.5) is 0 Å². The van der Waals surface area contributed by atoms with E-state index >= 15 is 0 Å². The number of nitrogens with zero attached hydrogens (tertiary/aromatic N) is 1. The number of hydrogen-bond acceptors (Lipinski definition) is 5. The Labute approximate surface area is 96.8 Å². The van der Waals surface area contributed by atoms with Crippen molar-refractivity contribution in [1.29, 1.82) is 0 Å². The zero-order valence-electron chi connectivity index (χ0n) is 10.2. The van der Waals surface area contributed by atoms with Crippen LogP contribution in [-0.2, 0) is 9.84 Å². The van der Waals surface area contributed by atoms with Crippen molar-refractivity contribution in [2.75, 3.05) is 19.3 Å². The van der Waals surface area contributed by atoms with E-state index in [4.69, 9.17) is 10.9 Å². The van der Waals surface area contributed by atoms with Crippen LogP contribution in [0, 0.1) is 5.92 Å². The van der Waals surface area contributed by atoms with Gasteiger partial charge in [0.05, 0.1) is 4.75 Å². The average Bonchev–Trinajstić information content (AvgIpc) is 2.14. The van der Waals surface area contributed by atoms with Crippen LogP contribution >= 0.6 is 0 Å². The number of oxime groups is 1. The lowest BCUT2D eigenvalue weighted by atomic mass is 10.1. The molecule has 0 fully saturated rings. The molecule has 0 aromatic carbocycles. The molecule has 1 atom stereocenters. The summed E-state index contributed by atoms with van der Waals surface area (Å²) < 4.78 is 22.0. The van der Waals surface area contributed by atoms with Gasteiger partial charge in [-0.1, -0.05) is 12.1 Å². The summed E-state index contributed by atoms with van der Waals surface area (Å²) in [6.45, 7) is 5.90. The summed E-state index contributed by atoms with van der Waals surface area (Å²) in [5.41, 5.74) is 5.39. The molecular formula is C9H21N3O3S. The van der Waals surface area contributed by atoms with Gasteiger partial charge < -0.3 is 16.3 Å². The minimum Gasteiger partial charge on any atom is -0.409 e. The summed E-state index contributed by atoms with van der Waals surface area (Å²) in [6, 6.07) is 0. The highest BCUT2D eigenvalue weighted by atomic mass is 32.2. The molecule has 0 aliphatic rings. The first-order valence-corrected chi connectivity index (χ1v) is 6.88. The number of nitrogens with two attached hydrogens (primary N) is 1. The largest absolute Gasteiger partial charge is 0.409 e. The van der Waals surface area contributed by atoms with E-state index in [1.807, 2.05) is 0 Å². The van der Waals surface area contributed by atoms with E-state index in [1.165, 1.54) is 6.26 Å². The van der Waals surface area contributed by atoms with Gasteiger partial charge in [0, 0.05) is 25.3 Å². The topological polar surface area (TPSA) is 105 Å². The molecule has 0 aromatic heterocycles. The lowest BCUT2D eigenvalue weighted by Gasteiger charge is -2.23. The fraction of sp³-hybridized carbons (Fsp3) is 0.889. The Bertz CT molecular complexity index is 349. The van der Waals surface area contributed by atoms with Gasteiger partial charge in [-0.15, -0.1) is 0 Å². The zero-order valence-corrected chi connectivity index (χ0v) is 11.0. The number of sulfone groups is 1. The molecule has 1 unspecified atom stereocenters. The number of amidine groups is 1. The predicted molar refractivity (Wildman–Crippen MR) is 64.4 cm³/mol. The summed E-state index contributed by atoms with van der Waals surface area (Å²) in [5, 5.41) is 14.3. The van der Waals surface area contributed by atoms with E-state index in [-0.39, 0.29) is 11.8 Å². The molecule has 0 aromatic rings. The Morgan fingerprint density at radius 1 is 1.56 bits per heavy atom. The molecule has 6 nitrogen and oxygen atoms in total. The molecule has 0 aliphatic carbocycles. The normalized spacial score (nSPS) is 16.1. The first-order valence-electron chi connectivity index (χ1n) is 4.99. The Balaban J connectivity index is 4.20. The molecule has 96 valence electrons. The highest BCUT2D eigenvalue weighted by Gasteiger charge is 2.29. The van der Waals surface area contributed by atoms with Crippen LogP contribution in [0.15, 0.2) is 5.16 Å². The van der Waals surface area contributed by atoms with Gasteiger partial charge in [-0.25, -0.2) is 8.42 Å². The van der Waals surface area contributed by atoms with Gasteiger partial charge in [0.2, 0.25) is 0 Å². The predicted octanol–water partition coefficient (Wildman–Crippen LogP) is -0.218. The van der Waals surface area contributed by atoms with E-state index in [0.717, 1.165) is 0 Å². The zero-order chi connectivity index (χ0) is 13.0. The molecule has 16 heavy (non-hydrogen) atoms.